The fourth-order valence-electron chi connectivity index (χ4n) is 2.47. The van der Waals surface area contributed by atoms with Crippen LogP contribution in [0.25, 0.3) is 0 Å². The highest BCUT2D eigenvalue weighted by molar-refractivity contribution is 7.12. The molecule has 0 fully saturated rings. The van der Waals surface area contributed by atoms with Crippen LogP contribution in [0.4, 0.5) is 11.4 Å². The molecule has 154 valence electrons. The van der Waals surface area contributed by atoms with Crippen molar-refractivity contribution >= 4 is 63.7 Å². The molecule has 1 atom stereocenters. The number of hydrogen-bond donors (Lipinski definition) is 2. The number of carbonyl (C=O) groups is 3. The molecule has 0 radical (unpaired) electrons. The average molecular weight is 463 g/mol. The van der Waals surface area contributed by atoms with Crippen LogP contribution in [0.1, 0.15) is 27.0 Å². The van der Waals surface area contributed by atoms with Crippen molar-refractivity contribution in [3.05, 3.63) is 80.5 Å². The molecule has 3 rings (SSSR count). The molecule has 0 saturated heterocycles. The molecule has 1 aromatic heterocycles. The minimum atomic E-state index is -1.12. The second-order valence-corrected chi connectivity index (χ2v) is 7.85. The van der Waals surface area contributed by atoms with Gasteiger partial charge in [0.2, 0.25) is 0 Å². The van der Waals surface area contributed by atoms with E-state index in [-0.39, 0.29) is 27.2 Å². The molecule has 0 saturated carbocycles. The summed E-state index contributed by atoms with van der Waals surface area (Å²) in [6, 6.07) is 14.6. The maximum atomic E-state index is 12.6. The van der Waals surface area contributed by atoms with Gasteiger partial charge in [-0.2, -0.15) is 0 Å². The first-order valence-corrected chi connectivity index (χ1v) is 10.4. The number of hydrogen-bond acceptors (Lipinski definition) is 5. The van der Waals surface area contributed by atoms with Crippen LogP contribution in [0.15, 0.2) is 60.0 Å². The zero-order chi connectivity index (χ0) is 21.7. The van der Waals surface area contributed by atoms with Crippen molar-refractivity contribution in [3.8, 4) is 0 Å². The molecule has 3 aromatic rings. The Balaban J connectivity index is 1.69. The van der Waals surface area contributed by atoms with Crippen LogP contribution in [0.3, 0.4) is 0 Å². The number of nitrogens with one attached hydrogen (secondary N) is 2. The van der Waals surface area contributed by atoms with Crippen molar-refractivity contribution in [1.82, 2.24) is 0 Å². The molecule has 0 aliphatic carbocycles. The van der Waals surface area contributed by atoms with Crippen molar-refractivity contribution in [2.75, 3.05) is 10.6 Å². The van der Waals surface area contributed by atoms with Gasteiger partial charge in [0.25, 0.3) is 11.8 Å². The lowest BCUT2D eigenvalue weighted by atomic mass is 10.1. The first kappa shape index (κ1) is 21.8. The largest absolute Gasteiger partial charge is 0.449 e. The molecular weight excluding hydrogens is 447 g/mol. The molecule has 0 aliphatic rings. The molecule has 2 N–H and O–H groups in total. The molecule has 0 spiro atoms. The summed E-state index contributed by atoms with van der Waals surface area (Å²) >= 11 is 13.3. The van der Waals surface area contributed by atoms with Crippen LogP contribution < -0.4 is 10.6 Å². The first-order valence-electron chi connectivity index (χ1n) is 8.76. The number of benzene rings is 2. The van der Waals surface area contributed by atoms with Gasteiger partial charge in [-0.3, -0.25) is 9.59 Å². The highest BCUT2D eigenvalue weighted by atomic mass is 35.5. The number of anilines is 2. The van der Waals surface area contributed by atoms with E-state index in [1.54, 1.807) is 53.9 Å². The minimum Gasteiger partial charge on any atom is -0.449 e. The number of rotatable bonds is 6. The van der Waals surface area contributed by atoms with Crippen LogP contribution in [0.5, 0.6) is 0 Å². The molecule has 1 heterocycles. The van der Waals surface area contributed by atoms with Gasteiger partial charge in [0.05, 0.1) is 31.9 Å². The summed E-state index contributed by atoms with van der Waals surface area (Å²) in [4.78, 5) is 37.8. The van der Waals surface area contributed by atoms with Gasteiger partial charge in [0.15, 0.2) is 6.10 Å². The van der Waals surface area contributed by atoms with Crippen molar-refractivity contribution in [2.24, 2.45) is 0 Å². The lowest BCUT2D eigenvalue weighted by Gasteiger charge is -2.16. The Morgan fingerprint density at radius 3 is 2.40 bits per heavy atom. The number of thiophene rings is 1. The first-order chi connectivity index (χ1) is 14.4. The second kappa shape index (κ2) is 9.75. The number of esters is 1. The molecule has 30 heavy (non-hydrogen) atoms. The van der Waals surface area contributed by atoms with Gasteiger partial charge < -0.3 is 15.4 Å². The summed E-state index contributed by atoms with van der Waals surface area (Å²) in [5, 5.41) is 7.51. The van der Waals surface area contributed by atoms with Crippen LogP contribution in [-0.2, 0) is 9.53 Å². The highest BCUT2D eigenvalue weighted by Crippen LogP contribution is 2.29. The van der Waals surface area contributed by atoms with Gasteiger partial charge in [-0.05, 0) is 42.6 Å². The average Bonchev–Trinajstić information content (AvgIpc) is 3.26. The zero-order valence-corrected chi connectivity index (χ0v) is 18.0. The summed E-state index contributed by atoms with van der Waals surface area (Å²) in [5.74, 6) is -1.67. The Morgan fingerprint density at radius 2 is 1.67 bits per heavy atom. The summed E-state index contributed by atoms with van der Waals surface area (Å²) in [6.45, 7) is 1.43. The minimum absolute atomic E-state index is 0.128. The van der Waals surface area contributed by atoms with E-state index < -0.39 is 18.0 Å². The SMILES string of the molecule is CC(OC(=O)c1ccccc1NC(=O)c1cccs1)C(=O)Nc1cccc(Cl)c1Cl. The van der Waals surface area contributed by atoms with E-state index >= 15 is 0 Å². The predicted octanol–water partition coefficient (Wildman–Crippen LogP) is 5.49. The van der Waals surface area contributed by atoms with Crippen molar-refractivity contribution in [1.29, 1.82) is 0 Å². The Bertz CT molecular complexity index is 1090. The Morgan fingerprint density at radius 1 is 0.933 bits per heavy atom. The third kappa shape index (κ3) is 5.18. The topological polar surface area (TPSA) is 84.5 Å². The predicted molar refractivity (Wildman–Crippen MR) is 119 cm³/mol. The fourth-order valence-corrected chi connectivity index (χ4v) is 3.44. The van der Waals surface area contributed by atoms with E-state index in [1.807, 2.05) is 0 Å². The smallest absolute Gasteiger partial charge is 0.341 e. The van der Waals surface area contributed by atoms with E-state index in [1.165, 1.54) is 24.3 Å². The Hall–Kier alpha value is -2.87. The standard InChI is InChI=1S/C21H16Cl2N2O4S/c1-12(19(26)25-16-9-4-7-14(22)18(16)23)29-21(28)13-6-2-3-8-15(13)24-20(27)17-10-5-11-30-17/h2-12H,1H3,(H,24,27)(H,25,26). The number of ether oxygens (including phenoxy) is 1. The van der Waals surface area contributed by atoms with Crippen LogP contribution in [0, 0.1) is 0 Å². The highest BCUT2D eigenvalue weighted by Gasteiger charge is 2.22. The van der Waals surface area contributed by atoms with Gasteiger partial charge in [0, 0.05) is 0 Å². The van der Waals surface area contributed by atoms with Gasteiger partial charge in [-0.25, -0.2) is 4.79 Å². The molecule has 9 heteroatoms. The molecule has 2 amide bonds. The van der Waals surface area contributed by atoms with E-state index in [0.29, 0.717) is 10.6 Å². The molecule has 0 aliphatic heterocycles. The number of carbonyl (C=O) groups excluding carboxylic acids is 3. The third-order valence-corrected chi connectivity index (χ3v) is 5.69. The van der Waals surface area contributed by atoms with Crippen LogP contribution in [0.2, 0.25) is 10.0 Å². The molecule has 1 unspecified atom stereocenters. The molecule has 6 nitrogen and oxygen atoms in total. The fraction of sp³-hybridized carbons (Fsp3) is 0.0952. The molecular formula is C21H16Cl2N2O4S. The van der Waals surface area contributed by atoms with Gasteiger partial charge in [0.1, 0.15) is 0 Å². The quantitative estimate of drug-likeness (QED) is 0.474. The van der Waals surface area contributed by atoms with Crippen molar-refractivity contribution in [3.63, 3.8) is 0 Å². The Labute approximate surface area is 186 Å². The van der Waals surface area contributed by atoms with Gasteiger partial charge in [-0.15, -0.1) is 11.3 Å². The van der Waals surface area contributed by atoms with E-state index in [4.69, 9.17) is 27.9 Å². The van der Waals surface area contributed by atoms with E-state index in [0.717, 1.165) is 0 Å². The van der Waals surface area contributed by atoms with Crippen molar-refractivity contribution in [2.45, 2.75) is 13.0 Å². The summed E-state index contributed by atoms with van der Waals surface area (Å²) < 4.78 is 5.28. The number of amides is 2. The van der Waals surface area contributed by atoms with Crippen LogP contribution >= 0.6 is 34.5 Å². The zero-order valence-electron chi connectivity index (χ0n) is 15.6. The maximum absolute atomic E-state index is 12.6. The summed E-state index contributed by atoms with van der Waals surface area (Å²) in [7, 11) is 0. The lowest BCUT2D eigenvalue weighted by molar-refractivity contribution is -0.123. The number of halogens is 2. The second-order valence-electron chi connectivity index (χ2n) is 6.12. The number of para-hydroxylation sites is 1. The monoisotopic (exact) mass is 462 g/mol. The molecule has 2 aromatic carbocycles. The van der Waals surface area contributed by atoms with Crippen LogP contribution in [-0.4, -0.2) is 23.9 Å². The van der Waals surface area contributed by atoms with E-state index in [2.05, 4.69) is 10.6 Å². The van der Waals surface area contributed by atoms with Gasteiger partial charge >= 0.3 is 5.97 Å². The normalized spacial score (nSPS) is 11.4. The summed E-state index contributed by atoms with van der Waals surface area (Å²) in [6.07, 6.45) is -1.12. The van der Waals surface area contributed by atoms with E-state index in [9.17, 15) is 14.4 Å². The van der Waals surface area contributed by atoms with Gasteiger partial charge in [-0.1, -0.05) is 47.5 Å². The Kier molecular flexibility index (Phi) is 7.10. The van der Waals surface area contributed by atoms with Crippen molar-refractivity contribution < 1.29 is 19.1 Å². The summed E-state index contributed by atoms with van der Waals surface area (Å²) in [5.41, 5.74) is 0.718. The molecule has 0 bridgehead atoms. The maximum Gasteiger partial charge on any atom is 0.341 e. The third-order valence-electron chi connectivity index (χ3n) is 4.00. The lowest BCUT2D eigenvalue weighted by Crippen LogP contribution is -2.30.